The molecule has 3 nitrogen and oxygen atoms in total. The van der Waals surface area contributed by atoms with Gasteiger partial charge in [-0.2, -0.15) is 0 Å². The van der Waals surface area contributed by atoms with E-state index in [4.69, 9.17) is 16.6 Å². The Kier molecular flexibility index (Phi) is 4.22. The Hall–Kier alpha value is -1.16. The molecule has 1 heterocycles. The first kappa shape index (κ1) is 17.0. The molecule has 2 unspecified atom stereocenters. The molecule has 0 aliphatic heterocycles. The van der Waals surface area contributed by atoms with Crippen molar-refractivity contribution >= 4 is 22.5 Å². The van der Waals surface area contributed by atoms with Crippen molar-refractivity contribution in [3.63, 3.8) is 0 Å². The van der Waals surface area contributed by atoms with E-state index < -0.39 is 0 Å². The van der Waals surface area contributed by atoms with E-state index in [9.17, 15) is 0 Å². The zero-order valence-corrected chi connectivity index (χ0v) is 16.1. The summed E-state index contributed by atoms with van der Waals surface area (Å²) in [6.07, 6.45) is 9.72. The number of rotatable bonds is 6. The van der Waals surface area contributed by atoms with Crippen LogP contribution in [0.15, 0.2) is 36.4 Å². The lowest BCUT2D eigenvalue weighted by Crippen LogP contribution is -2.65. The van der Waals surface area contributed by atoms with Gasteiger partial charge in [0.05, 0.1) is 5.52 Å². The van der Waals surface area contributed by atoms with E-state index in [-0.39, 0.29) is 10.4 Å². The van der Waals surface area contributed by atoms with Crippen LogP contribution in [0.2, 0.25) is 0 Å². The number of nitrogens with one attached hydrogen (secondary N) is 2. The molecule has 2 aromatic rings. The molecule has 26 heavy (non-hydrogen) atoms. The Labute approximate surface area is 160 Å². The van der Waals surface area contributed by atoms with Gasteiger partial charge in [-0.25, -0.2) is 0 Å². The van der Waals surface area contributed by atoms with Gasteiger partial charge >= 0.3 is 0 Å². The summed E-state index contributed by atoms with van der Waals surface area (Å²) in [4.78, 5) is 4.85. The molecule has 6 rings (SSSR count). The minimum absolute atomic E-state index is 0.0772. The number of aromatic nitrogens is 1. The van der Waals surface area contributed by atoms with Gasteiger partial charge in [0.1, 0.15) is 0 Å². The Morgan fingerprint density at radius 3 is 2.65 bits per heavy atom. The minimum atomic E-state index is 0.0772. The molecule has 1 aromatic heterocycles. The Bertz CT molecular complexity index is 791. The van der Waals surface area contributed by atoms with E-state index in [2.05, 4.69) is 47.2 Å². The van der Waals surface area contributed by atoms with E-state index in [0.717, 1.165) is 43.2 Å². The molecule has 2 N–H and O–H groups in total. The molecule has 1 aromatic carbocycles. The number of hydrazine groups is 1. The number of hydrogen-bond acceptors (Lipinski definition) is 3. The molecular weight excluding hydrogens is 342 g/mol. The lowest BCUT2D eigenvalue weighted by Gasteiger charge is -2.60. The Morgan fingerprint density at radius 1 is 1.04 bits per heavy atom. The molecular formula is C22H28ClN3. The highest BCUT2D eigenvalue weighted by Crippen LogP contribution is 2.59. The van der Waals surface area contributed by atoms with Crippen molar-refractivity contribution in [1.29, 1.82) is 0 Å². The van der Waals surface area contributed by atoms with Crippen molar-refractivity contribution in [1.82, 2.24) is 15.8 Å². The van der Waals surface area contributed by atoms with Gasteiger partial charge in [-0.1, -0.05) is 24.3 Å². The first-order valence-corrected chi connectivity index (χ1v) is 10.5. The summed E-state index contributed by atoms with van der Waals surface area (Å²) >= 11 is 6.91. The van der Waals surface area contributed by atoms with Gasteiger partial charge in [0.25, 0.3) is 0 Å². The van der Waals surface area contributed by atoms with E-state index in [1.807, 2.05) is 0 Å². The first-order chi connectivity index (χ1) is 12.6. The third kappa shape index (κ3) is 3.26. The van der Waals surface area contributed by atoms with Crippen molar-refractivity contribution < 1.29 is 0 Å². The molecule has 4 aliphatic rings. The second-order valence-corrected chi connectivity index (χ2v) is 9.84. The van der Waals surface area contributed by atoms with Gasteiger partial charge in [0.15, 0.2) is 0 Å². The van der Waals surface area contributed by atoms with Crippen LogP contribution >= 0.6 is 11.6 Å². The topological polar surface area (TPSA) is 37.0 Å². The van der Waals surface area contributed by atoms with Crippen LogP contribution in [0, 0.1) is 11.8 Å². The molecule has 0 amide bonds. The molecule has 0 spiro atoms. The maximum atomic E-state index is 6.91. The predicted molar refractivity (Wildman–Crippen MR) is 107 cm³/mol. The van der Waals surface area contributed by atoms with Crippen LogP contribution in [-0.4, -0.2) is 21.9 Å². The number of nitrogens with zero attached hydrogens (tertiary/aromatic N) is 1. The fourth-order valence-electron chi connectivity index (χ4n) is 6.15. The predicted octanol–water partition coefficient (Wildman–Crippen LogP) is 4.59. The van der Waals surface area contributed by atoms with Crippen molar-refractivity contribution in [2.45, 2.75) is 61.8 Å². The summed E-state index contributed by atoms with van der Waals surface area (Å²) in [6.45, 7) is 0.973. The van der Waals surface area contributed by atoms with Crippen LogP contribution in [0.4, 0.5) is 0 Å². The number of halogens is 1. The van der Waals surface area contributed by atoms with Gasteiger partial charge in [-0.15, -0.1) is 11.6 Å². The van der Waals surface area contributed by atoms with E-state index in [1.165, 1.54) is 43.2 Å². The average Bonchev–Trinajstić information content (AvgIpc) is 2.59. The number of para-hydroxylation sites is 1. The van der Waals surface area contributed by atoms with Gasteiger partial charge in [-0.05, 0) is 75.3 Å². The summed E-state index contributed by atoms with van der Waals surface area (Å²) in [5.41, 5.74) is 9.76. The highest BCUT2D eigenvalue weighted by Gasteiger charge is 2.57. The average molecular weight is 370 g/mol. The lowest BCUT2D eigenvalue weighted by atomic mass is 9.53. The minimum Gasteiger partial charge on any atom is -0.257 e. The van der Waals surface area contributed by atoms with Gasteiger partial charge in [0, 0.05) is 28.0 Å². The Morgan fingerprint density at radius 2 is 1.85 bits per heavy atom. The van der Waals surface area contributed by atoms with Crippen molar-refractivity contribution in [2.75, 3.05) is 6.54 Å². The van der Waals surface area contributed by atoms with Crippen molar-refractivity contribution in [3.8, 4) is 0 Å². The smallest absolute Gasteiger partial charge is 0.0705 e. The van der Waals surface area contributed by atoms with Crippen molar-refractivity contribution in [3.05, 3.63) is 42.1 Å². The SMILES string of the molecule is ClC12CC3CC(C1)CC(NNCCCc1ccc4ccccc4n1)(C3)C2. The monoisotopic (exact) mass is 369 g/mol. The van der Waals surface area contributed by atoms with Crippen LogP contribution < -0.4 is 10.9 Å². The van der Waals surface area contributed by atoms with Crippen LogP contribution in [-0.2, 0) is 6.42 Å². The third-order valence-electron chi connectivity index (χ3n) is 6.73. The summed E-state index contributed by atoms with van der Waals surface area (Å²) in [5, 5.41) is 1.22. The molecule has 2 atom stereocenters. The number of pyridine rings is 1. The lowest BCUT2D eigenvalue weighted by molar-refractivity contribution is -0.0141. The maximum absolute atomic E-state index is 6.91. The molecule has 4 bridgehead atoms. The number of benzene rings is 1. The van der Waals surface area contributed by atoms with Crippen LogP contribution in [0.25, 0.3) is 10.9 Å². The Balaban J connectivity index is 1.13. The molecule has 138 valence electrons. The van der Waals surface area contributed by atoms with Crippen LogP contribution in [0.1, 0.15) is 50.6 Å². The molecule has 4 saturated carbocycles. The fourth-order valence-corrected chi connectivity index (χ4v) is 6.84. The summed E-state index contributed by atoms with van der Waals surface area (Å²) in [6, 6.07) is 12.7. The van der Waals surface area contributed by atoms with Crippen molar-refractivity contribution in [2.24, 2.45) is 11.8 Å². The molecule has 4 fully saturated rings. The molecule has 0 radical (unpaired) electrons. The van der Waals surface area contributed by atoms with Gasteiger partial charge in [-0.3, -0.25) is 15.8 Å². The zero-order chi connectivity index (χ0) is 17.6. The zero-order valence-electron chi connectivity index (χ0n) is 15.3. The normalized spacial score (nSPS) is 35.3. The fraction of sp³-hybridized carbons (Fsp3) is 0.591. The summed E-state index contributed by atoms with van der Waals surface area (Å²) in [5.74, 6) is 1.68. The highest BCUT2D eigenvalue weighted by molar-refractivity contribution is 6.24. The van der Waals surface area contributed by atoms with Crippen LogP contribution in [0.5, 0.6) is 0 Å². The summed E-state index contributed by atoms with van der Waals surface area (Å²) < 4.78 is 0. The van der Waals surface area contributed by atoms with E-state index >= 15 is 0 Å². The quantitative estimate of drug-likeness (QED) is 0.444. The van der Waals surface area contributed by atoms with E-state index in [0.29, 0.717) is 0 Å². The first-order valence-electron chi connectivity index (χ1n) is 10.2. The van der Waals surface area contributed by atoms with Crippen LogP contribution in [0.3, 0.4) is 0 Å². The van der Waals surface area contributed by atoms with Gasteiger partial charge in [0.2, 0.25) is 0 Å². The second-order valence-electron chi connectivity index (χ2n) is 9.04. The second kappa shape index (κ2) is 6.47. The molecule has 4 aliphatic carbocycles. The van der Waals surface area contributed by atoms with Gasteiger partial charge < -0.3 is 0 Å². The van der Waals surface area contributed by atoms with E-state index in [1.54, 1.807) is 0 Å². The summed E-state index contributed by atoms with van der Waals surface area (Å²) in [7, 11) is 0. The number of alkyl halides is 1. The molecule has 0 saturated heterocycles. The number of hydrogen-bond donors (Lipinski definition) is 2. The number of aryl methyl sites for hydroxylation is 1. The highest BCUT2D eigenvalue weighted by atomic mass is 35.5. The largest absolute Gasteiger partial charge is 0.257 e. The maximum Gasteiger partial charge on any atom is 0.0705 e. The standard InChI is InChI=1S/C22H28ClN3/c23-21-11-16-10-17(12-21)14-22(13-16,15-21)26-24-9-3-5-19-8-7-18-4-1-2-6-20(18)25-19/h1-2,4,6-8,16-17,24,26H,3,5,9-15H2. The third-order valence-corrected chi connectivity index (χ3v) is 7.18. The molecule has 4 heteroatoms. The number of fused-ring (bicyclic) bond motifs is 1.